The molecule has 1 aliphatic carbocycles. The van der Waals surface area contributed by atoms with Gasteiger partial charge in [-0.1, -0.05) is 12.8 Å². The minimum atomic E-state index is -3.50. The third kappa shape index (κ3) is 2.86. The summed E-state index contributed by atoms with van der Waals surface area (Å²) < 4.78 is 26.6. The molecule has 1 saturated carbocycles. The summed E-state index contributed by atoms with van der Waals surface area (Å²) in [6, 6.07) is 1.43. The second-order valence-electron chi connectivity index (χ2n) is 5.22. The fourth-order valence-corrected chi connectivity index (χ4v) is 5.65. The SMILES string of the molecule is Cc1cc(S(=O)(=O)N(C)C2CCCCC2O)c(C)s1. The zero-order valence-electron chi connectivity index (χ0n) is 11.6. The van der Waals surface area contributed by atoms with Gasteiger partial charge in [0.25, 0.3) is 0 Å². The van der Waals surface area contributed by atoms with Crippen LogP contribution in [0.15, 0.2) is 11.0 Å². The largest absolute Gasteiger partial charge is 0.391 e. The molecule has 1 N–H and O–H groups in total. The number of rotatable bonds is 3. The van der Waals surface area contributed by atoms with Crippen LogP contribution in [-0.2, 0) is 10.0 Å². The van der Waals surface area contributed by atoms with E-state index in [1.165, 1.54) is 15.6 Å². The van der Waals surface area contributed by atoms with Gasteiger partial charge in [0.05, 0.1) is 17.0 Å². The highest BCUT2D eigenvalue weighted by Gasteiger charge is 2.35. The molecule has 0 aromatic carbocycles. The highest BCUT2D eigenvalue weighted by atomic mass is 32.2. The van der Waals surface area contributed by atoms with Crippen molar-refractivity contribution in [2.45, 2.75) is 56.6 Å². The first kappa shape index (κ1) is 15.0. The molecule has 4 nitrogen and oxygen atoms in total. The zero-order valence-corrected chi connectivity index (χ0v) is 13.2. The summed E-state index contributed by atoms with van der Waals surface area (Å²) in [5, 5.41) is 10.0. The van der Waals surface area contributed by atoms with E-state index < -0.39 is 16.1 Å². The van der Waals surface area contributed by atoms with Crippen molar-refractivity contribution in [2.24, 2.45) is 0 Å². The van der Waals surface area contributed by atoms with Crippen LogP contribution in [0, 0.1) is 13.8 Å². The quantitative estimate of drug-likeness (QED) is 0.932. The standard InChI is InChI=1S/C13H21NO3S2/c1-9-8-13(10(2)18-9)19(16,17)14(3)11-6-4-5-7-12(11)15/h8,11-12,15H,4-7H2,1-3H3. The molecule has 1 fully saturated rings. The second-order valence-corrected chi connectivity index (χ2v) is 8.64. The number of nitrogens with zero attached hydrogens (tertiary/aromatic N) is 1. The summed E-state index contributed by atoms with van der Waals surface area (Å²) in [5.41, 5.74) is 0. The maximum absolute atomic E-state index is 12.6. The lowest BCUT2D eigenvalue weighted by Gasteiger charge is -2.34. The van der Waals surface area contributed by atoms with Gasteiger partial charge in [-0.25, -0.2) is 8.42 Å². The Morgan fingerprint density at radius 1 is 1.32 bits per heavy atom. The van der Waals surface area contributed by atoms with E-state index in [0.717, 1.165) is 29.0 Å². The van der Waals surface area contributed by atoms with E-state index in [1.54, 1.807) is 13.1 Å². The number of aliphatic hydroxyl groups is 1. The highest BCUT2D eigenvalue weighted by Crippen LogP contribution is 2.31. The van der Waals surface area contributed by atoms with Crippen LogP contribution in [0.2, 0.25) is 0 Å². The number of sulfonamides is 1. The molecule has 0 aliphatic heterocycles. The first-order valence-electron chi connectivity index (χ1n) is 6.57. The Morgan fingerprint density at radius 2 is 1.95 bits per heavy atom. The van der Waals surface area contributed by atoms with Crippen molar-refractivity contribution in [1.82, 2.24) is 4.31 Å². The van der Waals surface area contributed by atoms with Crippen molar-refractivity contribution in [1.29, 1.82) is 0 Å². The van der Waals surface area contributed by atoms with E-state index in [2.05, 4.69) is 0 Å². The van der Waals surface area contributed by atoms with E-state index in [9.17, 15) is 13.5 Å². The molecule has 2 unspecified atom stereocenters. The molecule has 0 amide bonds. The molecule has 2 atom stereocenters. The van der Waals surface area contributed by atoms with Crippen molar-refractivity contribution in [3.8, 4) is 0 Å². The predicted molar refractivity (Wildman–Crippen MR) is 77.0 cm³/mol. The molecule has 0 saturated heterocycles. The molecular formula is C13H21NO3S2. The lowest BCUT2D eigenvalue weighted by atomic mass is 9.93. The predicted octanol–water partition coefficient (Wildman–Crippen LogP) is 2.29. The van der Waals surface area contributed by atoms with E-state index in [4.69, 9.17) is 0 Å². The van der Waals surface area contributed by atoms with Gasteiger partial charge in [-0.15, -0.1) is 11.3 Å². The molecule has 1 heterocycles. The van der Waals surface area contributed by atoms with Crippen LogP contribution in [0.25, 0.3) is 0 Å². The van der Waals surface area contributed by atoms with Gasteiger partial charge in [-0.05, 0) is 32.8 Å². The number of hydrogen-bond acceptors (Lipinski definition) is 4. The maximum atomic E-state index is 12.6. The molecule has 108 valence electrons. The summed E-state index contributed by atoms with van der Waals surface area (Å²) in [4.78, 5) is 2.19. The van der Waals surface area contributed by atoms with E-state index in [0.29, 0.717) is 11.3 Å². The van der Waals surface area contributed by atoms with Crippen molar-refractivity contribution in [2.75, 3.05) is 7.05 Å². The van der Waals surface area contributed by atoms with Gasteiger partial charge in [-0.3, -0.25) is 0 Å². The van der Waals surface area contributed by atoms with Gasteiger partial charge in [0, 0.05) is 16.8 Å². The average Bonchev–Trinajstić information content (AvgIpc) is 2.69. The van der Waals surface area contributed by atoms with Crippen LogP contribution in [0.4, 0.5) is 0 Å². The Bertz CT molecular complexity index is 550. The van der Waals surface area contributed by atoms with Crippen LogP contribution in [-0.4, -0.2) is 37.0 Å². The van der Waals surface area contributed by atoms with Crippen LogP contribution < -0.4 is 0 Å². The minimum Gasteiger partial charge on any atom is -0.391 e. The first-order chi connectivity index (χ1) is 8.84. The Morgan fingerprint density at radius 3 is 2.47 bits per heavy atom. The number of likely N-dealkylation sites (N-methyl/N-ethyl adjacent to an activating group) is 1. The fraction of sp³-hybridized carbons (Fsp3) is 0.692. The van der Waals surface area contributed by atoms with Gasteiger partial charge in [0.2, 0.25) is 10.0 Å². The maximum Gasteiger partial charge on any atom is 0.244 e. The Balaban J connectivity index is 2.31. The van der Waals surface area contributed by atoms with Crippen LogP contribution in [0.1, 0.15) is 35.4 Å². The Labute approximate surface area is 119 Å². The number of aliphatic hydroxyl groups excluding tert-OH is 1. The monoisotopic (exact) mass is 303 g/mol. The molecule has 1 aliphatic rings. The molecule has 2 rings (SSSR count). The van der Waals surface area contributed by atoms with Crippen molar-refractivity contribution in [3.05, 3.63) is 15.8 Å². The number of aryl methyl sites for hydroxylation is 2. The molecule has 0 bridgehead atoms. The summed E-state index contributed by atoms with van der Waals surface area (Å²) in [5.74, 6) is 0. The van der Waals surface area contributed by atoms with Crippen molar-refractivity contribution < 1.29 is 13.5 Å². The Hall–Kier alpha value is -0.430. The van der Waals surface area contributed by atoms with Crippen molar-refractivity contribution >= 4 is 21.4 Å². The normalized spacial score (nSPS) is 24.9. The van der Waals surface area contributed by atoms with E-state index in [1.807, 2.05) is 13.8 Å². The van der Waals surface area contributed by atoms with Crippen LogP contribution in [0.3, 0.4) is 0 Å². The van der Waals surface area contributed by atoms with E-state index >= 15 is 0 Å². The summed E-state index contributed by atoms with van der Waals surface area (Å²) >= 11 is 1.49. The fourth-order valence-electron chi connectivity index (χ4n) is 2.71. The number of hydrogen-bond donors (Lipinski definition) is 1. The highest BCUT2D eigenvalue weighted by molar-refractivity contribution is 7.89. The van der Waals surface area contributed by atoms with Gasteiger partial charge in [-0.2, -0.15) is 4.31 Å². The molecule has 1 aromatic rings. The molecule has 0 spiro atoms. The third-order valence-corrected chi connectivity index (χ3v) is 6.92. The topological polar surface area (TPSA) is 57.6 Å². The number of thiophene rings is 1. The molecular weight excluding hydrogens is 282 g/mol. The summed E-state index contributed by atoms with van der Waals surface area (Å²) in [6.45, 7) is 3.74. The summed E-state index contributed by atoms with van der Waals surface area (Å²) in [6.07, 6.45) is 2.82. The molecule has 6 heteroatoms. The zero-order chi connectivity index (χ0) is 14.2. The van der Waals surface area contributed by atoms with Gasteiger partial charge in [0.1, 0.15) is 0 Å². The lowest BCUT2D eigenvalue weighted by Crippen LogP contribution is -2.46. The van der Waals surface area contributed by atoms with E-state index in [-0.39, 0.29) is 6.04 Å². The Kier molecular flexibility index (Phi) is 4.35. The lowest BCUT2D eigenvalue weighted by molar-refractivity contribution is 0.0638. The third-order valence-electron chi connectivity index (χ3n) is 3.81. The minimum absolute atomic E-state index is 0.293. The van der Waals surface area contributed by atoms with Crippen LogP contribution >= 0.6 is 11.3 Å². The molecule has 0 radical (unpaired) electrons. The molecule has 1 aromatic heterocycles. The van der Waals surface area contributed by atoms with Gasteiger partial charge >= 0.3 is 0 Å². The smallest absolute Gasteiger partial charge is 0.244 e. The average molecular weight is 303 g/mol. The van der Waals surface area contributed by atoms with Gasteiger partial charge < -0.3 is 5.11 Å². The van der Waals surface area contributed by atoms with Crippen molar-refractivity contribution in [3.63, 3.8) is 0 Å². The summed E-state index contributed by atoms with van der Waals surface area (Å²) in [7, 11) is -1.91. The van der Waals surface area contributed by atoms with Crippen LogP contribution in [0.5, 0.6) is 0 Å². The van der Waals surface area contributed by atoms with Gasteiger partial charge in [0.15, 0.2) is 0 Å². The molecule has 19 heavy (non-hydrogen) atoms. The second kappa shape index (κ2) is 5.52. The first-order valence-corrected chi connectivity index (χ1v) is 8.83.